The Morgan fingerprint density at radius 1 is 0.935 bits per heavy atom. The van der Waals surface area contributed by atoms with Crippen LogP contribution in [0.25, 0.3) is 0 Å². The van der Waals surface area contributed by atoms with Crippen molar-refractivity contribution in [3.63, 3.8) is 0 Å². The highest BCUT2D eigenvalue weighted by molar-refractivity contribution is 5.93. The van der Waals surface area contributed by atoms with Crippen LogP contribution < -0.4 is 0 Å². The maximum atomic E-state index is 13.1. The second-order valence-electron chi connectivity index (χ2n) is 7.63. The molecule has 0 saturated heterocycles. The average molecular weight is 445 g/mol. The first-order valence-electron chi connectivity index (χ1n) is 9.50. The number of halogens is 6. The van der Waals surface area contributed by atoms with Crippen molar-refractivity contribution >= 4 is 5.71 Å². The molecule has 0 amide bonds. The molecule has 31 heavy (non-hydrogen) atoms. The maximum Gasteiger partial charge on any atom is 0.416 e. The van der Waals surface area contributed by atoms with E-state index in [0.29, 0.717) is 25.0 Å². The van der Waals surface area contributed by atoms with Gasteiger partial charge in [-0.05, 0) is 36.2 Å². The van der Waals surface area contributed by atoms with E-state index < -0.39 is 35.0 Å². The first kappa shape index (κ1) is 23.1. The molecule has 9 heteroatoms. The van der Waals surface area contributed by atoms with Crippen LogP contribution in [-0.4, -0.2) is 19.4 Å². The Morgan fingerprint density at radius 2 is 1.48 bits per heavy atom. The Morgan fingerprint density at radius 3 is 1.97 bits per heavy atom. The first-order chi connectivity index (χ1) is 14.4. The van der Waals surface area contributed by atoms with Crippen molar-refractivity contribution in [2.75, 3.05) is 13.7 Å². The van der Waals surface area contributed by atoms with Gasteiger partial charge >= 0.3 is 12.4 Å². The number of benzene rings is 2. The summed E-state index contributed by atoms with van der Waals surface area (Å²) in [5.74, 6) is 0. The van der Waals surface area contributed by atoms with Crippen LogP contribution in [0, 0.1) is 0 Å². The molecule has 1 aliphatic rings. The lowest BCUT2D eigenvalue weighted by molar-refractivity contribution is -0.143. The number of hydrogen-bond acceptors (Lipinski definition) is 3. The molecule has 0 aromatic heterocycles. The summed E-state index contributed by atoms with van der Waals surface area (Å²) in [7, 11) is 1.43. The van der Waals surface area contributed by atoms with Crippen molar-refractivity contribution in [1.29, 1.82) is 0 Å². The zero-order valence-electron chi connectivity index (χ0n) is 16.8. The minimum absolute atomic E-state index is 0.110. The molecule has 0 spiro atoms. The molecule has 0 bridgehead atoms. The van der Waals surface area contributed by atoms with Crippen LogP contribution >= 0.6 is 0 Å². The molecule has 168 valence electrons. The summed E-state index contributed by atoms with van der Waals surface area (Å²) in [4.78, 5) is 4.79. The molecule has 0 radical (unpaired) electrons. The number of ether oxygens (including phenoxy) is 1. The number of alkyl halides is 6. The Kier molecular flexibility index (Phi) is 6.36. The van der Waals surface area contributed by atoms with Crippen molar-refractivity contribution < 1.29 is 35.9 Å². The minimum atomic E-state index is -4.90. The number of hydrogen-bond donors (Lipinski definition) is 0. The van der Waals surface area contributed by atoms with Crippen molar-refractivity contribution in [1.82, 2.24) is 0 Å². The molecule has 0 heterocycles. The predicted molar refractivity (Wildman–Crippen MR) is 103 cm³/mol. The maximum absolute atomic E-state index is 13.1. The summed E-state index contributed by atoms with van der Waals surface area (Å²) in [6, 6.07) is 10.9. The van der Waals surface area contributed by atoms with Crippen LogP contribution in [-0.2, 0) is 27.3 Å². The van der Waals surface area contributed by atoms with E-state index in [1.54, 1.807) is 0 Å². The van der Waals surface area contributed by atoms with Crippen LogP contribution in [0.4, 0.5) is 26.3 Å². The highest BCUT2D eigenvalue weighted by Crippen LogP contribution is 2.44. The van der Waals surface area contributed by atoms with Gasteiger partial charge in [-0.2, -0.15) is 26.3 Å². The Labute approximate surface area is 175 Å². The zero-order valence-corrected chi connectivity index (χ0v) is 16.8. The van der Waals surface area contributed by atoms with Gasteiger partial charge in [0, 0.05) is 18.3 Å². The zero-order chi connectivity index (χ0) is 22.9. The van der Waals surface area contributed by atoms with Gasteiger partial charge in [-0.25, -0.2) is 0 Å². The van der Waals surface area contributed by atoms with Crippen LogP contribution in [0.5, 0.6) is 0 Å². The van der Waals surface area contributed by atoms with Gasteiger partial charge in [0.25, 0.3) is 0 Å². The van der Waals surface area contributed by atoms with Gasteiger partial charge in [-0.15, -0.1) is 0 Å². The van der Waals surface area contributed by atoms with Crippen molar-refractivity contribution in [2.45, 2.75) is 43.6 Å². The predicted octanol–water partition coefficient (Wildman–Crippen LogP) is 6.54. The van der Waals surface area contributed by atoms with Crippen LogP contribution in [0.1, 0.15) is 48.1 Å². The van der Waals surface area contributed by atoms with Gasteiger partial charge in [0.15, 0.2) is 0 Å². The van der Waals surface area contributed by atoms with E-state index in [-0.39, 0.29) is 18.2 Å². The fraction of sp³-hybridized carbons (Fsp3) is 0.409. The van der Waals surface area contributed by atoms with E-state index in [1.165, 1.54) is 14.0 Å². The van der Waals surface area contributed by atoms with E-state index in [4.69, 9.17) is 9.57 Å². The van der Waals surface area contributed by atoms with E-state index in [0.717, 1.165) is 11.3 Å². The summed E-state index contributed by atoms with van der Waals surface area (Å²) in [6.07, 6.45) is -9.74. The van der Waals surface area contributed by atoms with E-state index in [9.17, 15) is 26.3 Å². The van der Waals surface area contributed by atoms with Crippen LogP contribution in [0.2, 0.25) is 0 Å². The quantitative estimate of drug-likeness (QED) is 0.374. The summed E-state index contributed by atoms with van der Waals surface area (Å²) >= 11 is 0. The largest absolute Gasteiger partial charge is 0.416 e. The number of nitrogens with zero attached hydrogens (tertiary/aromatic N) is 1. The SMILES string of the molecule is CON=C1CC(COC(C)c2cc(C(F)(F)F)cc(C(F)(F)F)c2)(c2ccccc2)C1. The van der Waals surface area contributed by atoms with Crippen molar-refractivity contribution in [3.8, 4) is 0 Å². The molecule has 0 N–H and O–H groups in total. The third-order valence-electron chi connectivity index (χ3n) is 5.38. The molecule has 1 aliphatic carbocycles. The molecule has 3 nitrogen and oxygen atoms in total. The lowest BCUT2D eigenvalue weighted by Crippen LogP contribution is -2.45. The molecule has 2 aromatic carbocycles. The van der Waals surface area contributed by atoms with Crippen molar-refractivity contribution in [3.05, 3.63) is 70.8 Å². The molecule has 1 fully saturated rings. The molecular weight excluding hydrogens is 424 g/mol. The van der Waals surface area contributed by atoms with Gasteiger partial charge in [0.2, 0.25) is 0 Å². The number of rotatable bonds is 6. The molecule has 1 saturated carbocycles. The Hall–Kier alpha value is -2.55. The standard InChI is InChI=1S/C22H21F6NO2/c1-14(15-8-17(21(23,24)25)10-18(9-15)22(26,27)28)31-13-20(11-19(12-20)29-30-2)16-6-4-3-5-7-16/h3-10,14H,11-13H2,1-2H3. The fourth-order valence-corrected chi connectivity index (χ4v) is 3.70. The summed E-state index contributed by atoms with van der Waals surface area (Å²) < 4.78 is 84.7. The van der Waals surface area contributed by atoms with Gasteiger partial charge in [-0.1, -0.05) is 35.5 Å². The lowest BCUT2D eigenvalue weighted by Gasteiger charge is -2.43. The second-order valence-corrected chi connectivity index (χ2v) is 7.63. The van der Waals surface area contributed by atoms with Gasteiger partial charge in [0.05, 0.1) is 29.5 Å². The smallest absolute Gasteiger partial charge is 0.399 e. The molecule has 1 unspecified atom stereocenters. The Balaban J connectivity index is 1.85. The highest BCUT2D eigenvalue weighted by Gasteiger charge is 2.45. The van der Waals surface area contributed by atoms with E-state index >= 15 is 0 Å². The van der Waals surface area contributed by atoms with E-state index in [2.05, 4.69) is 5.16 Å². The molecule has 0 aliphatic heterocycles. The second kappa shape index (κ2) is 8.53. The third kappa shape index (κ3) is 5.20. The van der Waals surface area contributed by atoms with E-state index in [1.807, 2.05) is 30.3 Å². The lowest BCUT2D eigenvalue weighted by atomic mass is 9.63. The highest BCUT2D eigenvalue weighted by atomic mass is 19.4. The normalized spacial score (nSPS) is 20.2. The fourth-order valence-electron chi connectivity index (χ4n) is 3.70. The number of oxime groups is 1. The third-order valence-corrected chi connectivity index (χ3v) is 5.38. The summed E-state index contributed by atoms with van der Waals surface area (Å²) in [5.41, 5.74) is -1.61. The van der Waals surface area contributed by atoms with Crippen LogP contribution in [0.15, 0.2) is 53.7 Å². The topological polar surface area (TPSA) is 30.8 Å². The summed E-state index contributed by atoms with van der Waals surface area (Å²) in [5, 5.41) is 3.92. The minimum Gasteiger partial charge on any atom is -0.399 e. The summed E-state index contributed by atoms with van der Waals surface area (Å²) in [6.45, 7) is 1.55. The van der Waals surface area contributed by atoms with Gasteiger partial charge < -0.3 is 9.57 Å². The van der Waals surface area contributed by atoms with Crippen molar-refractivity contribution in [2.24, 2.45) is 5.16 Å². The molecule has 2 aromatic rings. The van der Waals surface area contributed by atoms with Gasteiger partial charge in [0.1, 0.15) is 7.11 Å². The van der Waals surface area contributed by atoms with Gasteiger partial charge in [-0.3, -0.25) is 0 Å². The molecule has 3 rings (SSSR count). The molecule has 1 atom stereocenters. The molecular formula is C22H21F6NO2. The van der Waals surface area contributed by atoms with Crippen LogP contribution in [0.3, 0.4) is 0 Å². The monoisotopic (exact) mass is 445 g/mol. The first-order valence-corrected chi connectivity index (χ1v) is 9.50. The average Bonchev–Trinajstić information content (AvgIpc) is 2.68. The Bertz CT molecular complexity index is 897.